The summed E-state index contributed by atoms with van der Waals surface area (Å²) in [6.07, 6.45) is 5.27. The largest absolute Gasteiger partial charge is 0.356 e. The first-order chi connectivity index (χ1) is 6.74. The van der Waals surface area contributed by atoms with Crippen LogP contribution in [0.15, 0.2) is 0 Å². The highest BCUT2D eigenvalue weighted by Gasteiger charge is 2.17. The van der Waals surface area contributed by atoms with Crippen molar-refractivity contribution in [3.8, 4) is 0 Å². The molecule has 2 N–H and O–H groups in total. The Kier molecular flexibility index (Phi) is 4.94. The molecular weight excluding hydrogens is 176 g/mol. The molecule has 1 atom stereocenters. The van der Waals surface area contributed by atoms with Crippen LogP contribution in [0.1, 0.15) is 32.6 Å². The highest BCUT2D eigenvalue weighted by molar-refractivity contribution is 5.78. The summed E-state index contributed by atoms with van der Waals surface area (Å²) in [7, 11) is 1.87. The molecule has 82 valence electrons. The van der Waals surface area contributed by atoms with Gasteiger partial charge in [0.1, 0.15) is 0 Å². The molecular formula is C11H22N2O. The molecule has 0 aromatic heterocycles. The van der Waals surface area contributed by atoms with Crippen molar-refractivity contribution in [2.75, 3.05) is 20.1 Å². The van der Waals surface area contributed by atoms with Crippen LogP contribution in [0.3, 0.4) is 0 Å². The van der Waals surface area contributed by atoms with E-state index in [2.05, 4.69) is 10.6 Å². The van der Waals surface area contributed by atoms with Gasteiger partial charge >= 0.3 is 0 Å². The second kappa shape index (κ2) is 6.02. The van der Waals surface area contributed by atoms with Crippen LogP contribution in [-0.2, 0) is 4.79 Å². The topological polar surface area (TPSA) is 41.1 Å². The van der Waals surface area contributed by atoms with Gasteiger partial charge in [-0.05, 0) is 19.4 Å². The molecule has 0 saturated heterocycles. The Bertz CT molecular complexity index is 178. The maximum atomic E-state index is 11.5. The fourth-order valence-corrected chi connectivity index (χ4v) is 1.75. The first-order valence-electron chi connectivity index (χ1n) is 5.66. The summed E-state index contributed by atoms with van der Waals surface area (Å²) in [4.78, 5) is 11.5. The first-order valence-corrected chi connectivity index (χ1v) is 5.66. The van der Waals surface area contributed by atoms with Crippen LogP contribution in [0.2, 0.25) is 0 Å². The lowest BCUT2D eigenvalue weighted by Crippen LogP contribution is -2.35. The van der Waals surface area contributed by atoms with E-state index >= 15 is 0 Å². The molecule has 0 aromatic rings. The Morgan fingerprint density at radius 3 is 2.71 bits per heavy atom. The molecule has 1 saturated carbocycles. The third-order valence-electron chi connectivity index (χ3n) is 3.03. The summed E-state index contributed by atoms with van der Waals surface area (Å²) in [5.74, 6) is 1.15. The number of rotatable bonds is 6. The van der Waals surface area contributed by atoms with Crippen molar-refractivity contribution in [2.24, 2.45) is 11.8 Å². The van der Waals surface area contributed by atoms with Crippen LogP contribution >= 0.6 is 0 Å². The van der Waals surface area contributed by atoms with Gasteiger partial charge in [-0.1, -0.05) is 26.2 Å². The summed E-state index contributed by atoms with van der Waals surface area (Å²) in [5.41, 5.74) is 0. The molecule has 1 aliphatic carbocycles. The molecule has 14 heavy (non-hydrogen) atoms. The van der Waals surface area contributed by atoms with Crippen molar-refractivity contribution in [1.82, 2.24) is 10.6 Å². The summed E-state index contributed by atoms with van der Waals surface area (Å²) in [6, 6.07) is 0. The Hall–Kier alpha value is -0.570. The molecule has 0 aliphatic heterocycles. The lowest BCUT2D eigenvalue weighted by Gasteiger charge is -2.25. The Morgan fingerprint density at radius 2 is 2.21 bits per heavy atom. The van der Waals surface area contributed by atoms with E-state index in [4.69, 9.17) is 0 Å². The van der Waals surface area contributed by atoms with Crippen molar-refractivity contribution in [3.63, 3.8) is 0 Å². The summed E-state index contributed by atoms with van der Waals surface area (Å²) < 4.78 is 0. The summed E-state index contributed by atoms with van der Waals surface area (Å²) >= 11 is 0. The molecule has 0 heterocycles. The van der Waals surface area contributed by atoms with E-state index in [0.717, 1.165) is 25.4 Å². The van der Waals surface area contributed by atoms with Crippen LogP contribution < -0.4 is 10.6 Å². The minimum absolute atomic E-state index is 0.0846. The molecule has 3 heteroatoms. The predicted molar refractivity (Wildman–Crippen MR) is 58.1 cm³/mol. The minimum atomic E-state index is 0.0846. The zero-order valence-electron chi connectivity index (χ0n) is 9.31. The second-order valence-electron chi connectivity index (χ2n) is 4.34. The van der Waals surface area contributed by atoms with Crippen LogP contribution in [-0.4, -0.2) is 26.0 Å². The molecule has 0 bridgehead atoms. The SMILES string of the molecule is CNCC(C)C(=O)NCCC1CCC1. The third-order valence-corrected chi connectivity index (χ3v) is 3.03. The van der Waals surface area contributed by atoms with Crippen LogP contribution in [0.4, 0.5) is 0 Å². The Morgan fingerprint density at radius 1 is 1.50 bits per heavy atom. The van der Waals surface area contributed by atoms with Crippen molar-refractivity contribution >= 4 is 5.91 Å². The van der Waals surface area contributed by atoms with E-state index in [1.54, 1.807) is 0 Å². The average Bonchev–Trinajstić information content (AvgIpc) is 2.09. The number of carbonyl (C=O) groups is 1. The van der Waals surface area contributed by atoms with Gasteiger partial charge in [-0.25, -0.2) is 0 Å². The number of hydrogen-bond acceptors (Lipinski definition) is 2. The van der Waals surface area contributed by atoms with Gasteiger partial charge < -0.3 is 10.6 Å². The Labute approximate surface area is 86.6 Å². The van der Waals surface area contributed by atoms with Gasteiger partial charge in [0.05, 0.1) is 0 Å². The standard InChI is InChI=1S/C11H22N2O/c1-9(8-12-2)11(14)13-7-6-10-4-3-5-10/h9-10,12H,3-8H2,1-2H3,(H,13,14). The van der Waals surface area contributed by atoms with Crippen LogP contribution in [0.25, 0.3) is 0 Å². The average molecular weight is 198 g/mol. The van der Waals surface area contributed by atoms with E-state index in [9.17, 15) is 4.79 Å². The van der Waals surface area contributed by atoms with Crippen LogP contribution in [0.5, 0.6) is 0 Å². The van der Waals surface area contributed by atoms with Gasteiger partial charge in [0, 0.05) is 19.0 Å². The van der Waals surface area contributed by atoms with Crippen molar-refractivity contribution in [1.29, 1.82) is 0 Å². The molecule has 1 rings (SSSR count). The van der Waals surface area contributed by atoms with Gasteiger partial charge in [-0.2, -0.15) is 0 Å². The number of carbonyl (C=O) groups excluding carboxylic acids is 1. The van der Waals surface area contributed by atoms with Gasteiger partial charge in [0.25, 0.3) is 0 Å². The van der Waals surface area contributed by atoms with E-state index in [1.165, 1.54) is 19.3 Å². The zero-order valence-corrected chi connectivity index (χ0v) is 9.31. The molecule has 1 aliphatic rings. The smallest absolute Gasteiger partial charge is 0.224 e. The lowest BCUT2D eigenvalue weighted by molar-refractivity contribution is -0.124. The van der Waals surface area contributed by atoms with Gasteiger partial charge in [0.15, 0.2) is 0 Å². The maximum absolute atomic E-state index is 11.5. The highest BCUT2D eigenvalue weighted by atomic mass is 16.1. The first kappa shape index (κ1) is 11.5. The second-order valence-corrected chi connectivity index (χ2v) is 4.34. The molecule has 0 spiro atoms. The lowest BCUT2D eigenvalue weighted by atomic mass is 9.83. The number of nitrogens with one attached hydrogen (secondary N) is 2. The molecule has 1 unspecified atom stereocenters. The van der Waals surface area contributed by atoms with Gasteiger partial charge in [0.2, 0.25) is 5.91 Å². The molecule has 0 radical (unpaired) electrons. The normalized spacial score (nSPS) is 18.7. The van der Waals surface area contributed by atoms with Crippen molar-refractivity contribution < 1.29 is 4.79 Å². The van der Waals surface area contributed by atoms with Gasteiger partial charge in [-0.3, -0.25) is 4.79 Å². The fraction of sp³-hybridized carbons (Fsp3) is 0.909. The number of amides is 1. The van der Waals surface area contributed by atoms with Crippen molar-refractivity contribution in [3.05, 3.63) is 0 Å². The molecule has 1 amide bonds. The van der Waals surface area contributed by atoms with E-state index < -0.39 is 0 Å². The Balaban J connectivity index is 2.01. The molecule has 1 fully saturated rings. The molecule has 3 nitrogen and oxygen atoms in total. The summed E-state index contributed by atoms with van der Waals surface area (Å²) in [5, 5.41) is 6.00. The summed E-state index contributed by atoms with van der Waals surface area (Å²) in [6.45, 7) is 3.57. The van der Waals surface area contributed by atoms with E-state index in [1.807, 2.05) is 14.0 Å². The number of hydrogen-bond donors (Lipinski definition) is 2. The maximum Gasteiger partial charge on any atom is 0.224 e. The van der Waals surface area contributed by atoms with Gasteiger partial charge in [-0.15, -0.1) is 0 Å². The van der Waals surface area contributed by atoms with E-state index in [0.29, 0.717) is 0 Å². The van der Waals surface area contributed by atoms with Crippen molar-refractivity contribution in [2.45, 2.75) is 32.6 Å². The third kappa shape index (κ3) is 3.66. The highest BCUT2D eigenvalue weighted by Crippen LogP contribution is 2.28. The van der Waals surface area contributed by atoms with E-state index in [-0.39, 0.29) is 11.8 Å². The fourth-order valence-electron chi connectivity index (χ4n) is 1.75. The minimum Gasteiger partial charge on any atom is -0.356 e. The molecule has 0 aromatic carbocycles. The quantitative estimate of drug-likeness (QED) is 0.672. The van der Waals surface area contributed by atoms with Crippen LogP contribution in [0, 0.1) is 11.8 Å². The zero-order chi connectivity index (χ0) is 10.4. The predicted octanol–water partition coefficient (Wildman–Crippen LogP) is 1.15. The monoisotopic (exact) mass is 198 g/mol.